The van der Waals surface area contributed by atoms with E-state index in [-0.39, 0.29) is 18.2 Å². The Kier molecular flexibility index (Phi) is 2.96. The lowest BCUT2D eigenvalue weighted by atomic mass is 9.89. The number of rotatable bonds is 1. The van der Waals surface area contributed by atoms with Gasteiger partial charge in [0.1, 0.15) is 17.2 Å². The second-order valence-electron chi connectivity index (χ2n) is 5.05. The van der Waals surface area contributed by atoms with E-state index >= 15 is 0 Å². The Bertz CT molecular complexity index is 437. The molecule has 2 atom stereocenters. The lowest BCUT2D eigenvalue weighted by Crippen LogP contribution is -2.31. The van der Waals surface area contributed by atoms with E-state index in [0.717, 1.165) is 0 Å². The zero-order chi connectivity index (χ0) is 12.8. The first-order valence-corrected chi connectivity index (χ1v) is 5.73. The Balaban J connectivity index is 2.51. The summed E-state index contributed by atoms with van der Waals surface area (Å²) in [6.07, 6.45) is 0.348. The van der Waals surface area contributed by atoms with Crippen molar-refractivity contribution in [3.8, 4) is 0 Å². The molecular weight excluding hydrogens is 224 g/mol. The summed E-state index contributed by atoms with van der Waals surface area (Å²) in [5, 5.41) is 10.5. The van der Waals surface area contributed by atoms with Gasteiger partial charge in [-0.1, -0.05) is 6.07 Å². The molecule has 0 spiro atoms. The van der Waals surface area contributed by atoms with E-state index in [0.29, 0.717) is 12.0 Å². The van der Waals surface area contributed by atoms with Gasteiger partial charge in [-0.3, -0.25) is 0 Å². The first kappa shape index (κ1) is 12.5. The molecule has 0 aliphatic carbocycles. The summed E-state index contributed by atoms with van der Waals surface area (Å²) in [4.78, 5) is 1.90. The summed E-state index contributed by atoms with van der Waals surface area (Å²) in [6.45, 7) is 3.76. The molecule has 1 aromatic carbocycles. The van der Waals surface area contributed by atoms with Crippen molar-refractivity contribution < 1.29 is 13.9 Å². The van der Waals surface area contributed by atoms with E-state index in [1.807, 2.05) is 18.9 Å². The normalized spacial score (nSPS) is 29.9. The van der Waals surface area contributed by atoms with Crippen molar-refractivity contribution in [2.75, 3.05) is 13.6 Å². The summed E-state index contributed by atoms with van der Waals surface area (Å²) >= 11 is 0. The molecule has 4 heteroatoms. The fourth-order valence-corrected chi connectivity index (χ4v) is 2.54. The van der Waals surface area contributed by atoms with Crippen molar-refractivity contribution in [2.45, 2.75) is 31.9 Å². The van der Waals surface area contributed by atoms with E-state index < -0.39 is 17.2 Å². The number of hydrogen-bond acceptors (Lipinski definition) is 2. The zero-order valence-corrected chi connectivity index (χ0v) is 10.3. The van der Waals surface area contributed by atoms with Gasteiger partial charge in [0.15, 0.2) is 0 Å². The molecule has 0 amide bonds. The Morgan fingerprint density at radius 3 is 2.59 bits per heavy atom. The number of likely N-dealkylation sites (N-methyl/N-ethyl adjacent to an activating group) is 1. The van der Waals surface area contributed by atoms with E-state index in [1.54, 1.807) is 6.92 Å². The van der Waals surface area contributed by atoms with Crippen LogP contribution in [0.3, 0.4) is 0 Å². The lowest BCUT2D eigenvalue weighted by Gasteiger charge is -2.24. The quantitative estimate of drug-likeness (QED) is 0.814. The van der Waals surface area contributed by atoms with Crippen LogP contribution in [0.4, 0.5) is 8.78 Å². The van der Waals surface area contributed by atoms with E-state index in [1.165, 1.54) is 12.1 Å². The van der Waals surface area contributed by atoms with Crippen molar-refractivity contribution in [2.24, 2.45) is 0 Å². The highest BCUT2D eigenvalue weighted by Crippen LogP contribution is 2.38. The van der Waals surface area contributed by atoms with Crippen molar-refractivity contribution in [3.63, 3.8) is 0 Å². The number of β-amino-alcohol motifs (C(OH)–C–C–N with tert-alkyl or cyclic N) is 1. The topological polar surface area (TPSA) is 23.5 Å². The summed E-state index contributed by atoms with van der Waals surface area (Å²) < 4.78 is 27.8. The summed E-state index contributed by atoms with van der Waals surface area (Å²) in [5.41, 5.74) is -1.25. The maximum Gasteiger partial charge on any atom is 0.135 e. The lowest BCUT2D eigenvalue weighted by molar-refractivity contribution is 0.0409. The molecule has 1 heterocycles. The van der Waals surface area contributed by atoms with Crippen LogP contribution < -0.4 is 0 Å². The maximum atomic E-state index is 14.0. The molecule has 0 saturated carbocycles. The second kappa shape index (κ2) is 4.03. The highest BCUT2D eigenvalue weighted by atomic mass is 19.1. The largest absolute Gasteiger partial charge is 0.384 e. The molecule has 1 fully saturated rings. The minimum Gasteiger partial charge on any atom is -0.384 e. The molecular formula is C13H17F2NO. The smallest absolute Gasteiger partial charge is 0.135 e. The van der Waals surface area contributed by atoms with Crippen LogP contribution in [0.2, 0.25) is 0 Å². The van der Waals surface area contributed by atoms with Crippen molar-refractivity contribution in [1.29, 1.82) is 0 Å². The number of likely N-dealkylation sites (tertiary alicyclic amines) is 1. The Morgan fingerprint density at radius 2 is 2.06 bits per heavy atom. The molecule has 0 bridgehead atoms. The number of hydrogen-bond donors (Lipinski definition) is 1. The van der Waals surface area contributed by atoms with Crippen LogP contribution in [-0.4, -0.2) is 29.6 Å². The van der Waals surface area contributed by atoms with Crippen molar-refractivity contribution >= 4 is 0 Å². The number of benzene rings is 1. The van der Waals surface area contributed by atoms with Gasteiger partial charge in [-0.15, -0.1) is 0 Å². The fraction of sp³-hybridized carbons (Fsp3) is 0.538. The predicted molar refractivity (Wildman–Crippen MR) is 61.7 cm³/mol. The molecule has 1 N–H and O–H groups in total. The van der Waals surface area contributed by atoms with Gasteiger partial charge in [-0.05, 0) is 38.9 Å². The number of halogens is 2. The van der Waals surface area contributed by atoms with Crippen LogP contribution in [0, 0.1) is 18.6 Å². The highest BCUT2D eigenvalue weighted by Gasteiger charge is 2.44. The minimum absolute atomic E-state index is 0.110. The monoisotopic (exact) mass is 241 g/mol. The van der Waals surface area contributed by atoms with Gasteiger partial charge in [0, 0.05) is 12.6 Å². The fourth-order valence-electron chi connectivity index (χ4n) is 2.54. The summed E-state index contributed by atoms with van der Waals surface area (Å²) in [6, 6.07) is 2.72. The standard InChI is InChI=1S/C13H17F2NO/c1-8-4-5-10(14)11(12(8)15)13(17)6-9(2)16(3)7-13/h4-5,9,17H,6-7H2,1-3H3. The zero-order valence-electron chi connectivity index (χ0n) is 10.3. The average Bonchev–Trinajstić information content (AvgIpc) is 2.48. The Morgan fingerprint density at radius 1 is 1.41 bits per heavy atom. The van der Waals surface area contributed by atoms with Gasteiger partial charge in [0.05, 0.1) is 5.56 Å². The summed E-state index contributed by atoms with van der Waals surface area (Å²) in [5.74, 6) is -1.30. The predicted octanol–water partition coefficient (Wildman–Crippen LogP) is 2.18. The van der Waals surface area contributed by atoms with Gasteiger partial charge in [-0.25, -0.2) is 8.78 Å². The highest BCUT2D eigenvalue weighted by molar-refractivity contribution is 5.33. The third kappa shape index (κ3) is 1.96. The third-order valence-corrected chi connectivity index (χ3v) is 3.65. The molecule has 0 radical (unpaired) electrons. The van der Waals surface area contributed by atoms with Crippen LogP contribution in [0.15, 0.2) is 12.1 Å². The van der Waals surface area contributed by atoms with Crippen molar-refractivity contribution in [1.82, 2.24) is 4.90 Å². The van der Waals surface area contributed by atoms with Crippen LogP contribution >= 0.6 is 0 Å². The molecule has 2 nitrogen and oxygen atoms in total. The first-order valence-electron chi connectivity index (χ1n) is 5.73. The van der Waals surface area contributed by atoms with Gasteiger partial charge in [0.2, 0.25) is 0 Å². The first-order chi connectivity index (χ1) is 7.85. The average molecular weight is 241 g/mol. The molecule has 17 heavy (non-hydrogen) atoms. The van der Waals surface area contributed by atoms with E-state index in [2.05, 4.69) is 0 Å². The number of nitrogens with zero attached hydrogens (tertiary/aromatic N) is 1. The van der Waals surface area contributed by atoms with Gasteiger partial charge in [0.25, 0.3) is 0 Å². The molecule has 2 rings (SSSR count). The summed E-state index contributed by atoms with van der Waals surface area (Å²) in [7, 11) is 1.84. The maximum absolute atomic E-state index is 14.0. The molecule has 1 aromatic rings. The molecule has 1 aliphatic rings. The van der Waals surface area contributed by atoms with Crippen LogP contribution in [0.1, 0.15) is 24.5 Å². The van der Waals surface area contributed by atoms with Crippen LogP contribution in [0.25, 0.3) is 0 Å². The van der Waals surface area contributed by atoms with Gasteiger partial charge in [-0.2, -0.15) is 0 Å². The van der Waals surface area contributed by atoms with Gasteiger partial charge < -0.3 is 10.0 Å². The van der Waals surface area contributed by atoms with Crippen molar-refractivity contribution in [3.05, 3.63) is 34.9 Å². The van der Waals surface area contributed by atoms with Gasteiger partial charge >= 0.3 is 0 Å². The van der Waals surface area contributed by atoms with E-state index in [9.17, 15) is 13.9 Å². The third-order valence-electron chi connectivity index (χ3n) is 3.65. The SMILES string of the molecule is Cc1ccc(F)c(C2(O)CC(C)N(C)C2)c1F. The van der Waals surface area contributed by atoms with E-state index in [4.69, 9.17) is 0 Å². The molecule has 0 aromatic heterocycles. The number of aryl methyl sites for hydroxylation is 1. The molecule has 2 unspecified atom stereocenters. The minimum atomic E-state index is -1.42. The molecule has 94 valence electrons. The molecule has 1 saturated heterocycles. The van der Waals surface area contributed by atoms with Crippen LogP contribution in [0.5, 0.6) is 0 Å². The molecule has 1 aliphatic heterocycles. The Labute approximate surface area is 99.9 Å². The van der Waals surface area contributed by atoms with Crippen LogP contribution in [-0.2, 0) is 5.60 Å². The Hall–Kier alpha value is -1.00. The second-order valence-corrected chi connectivity index (χ2v) is 5.05. The number of aliphatic hydroxyl groups is 1.